The van der Waals surface area contributed by atoms with Gasteiger partial charge in [-0.05, 0) is 42.5 Å². The summed E-state index contributed by atoms with van der Waals surface area (Å²) in [6.07, 6.45) is 1.20. The summed E-state index contributed by atoms with van der Waals surface area (Å²) >= 11 is 7.24. The van der Waals surface area contributed by atoms with Gasteiger partial charge in [0.15, 0.2) is 6.61 Å². The van der Waals surface area contributed by atoms with Crippen LogP contribution in [0.5, 0.6) is 0 Å². The van der Waals surface area contributed by atoms with Crippen molar-refractivity contribution in [2.75, 3.05) is 18.5 Å². The van der Waals surface area contributed by atoms with Gasteiger partial charge in [0.1, 0.15) is 12.1 Å². The highest BCUT2D eigenvalue weighted by Gasteiger charge is 2.36. The van der Waals surface area contributed by atoms with Gasteiger partial charge in [-0.3, -0.25) is 9.59 Å². The fourth-order valence-electron chi connectivity index (χ4n) is 2.91. The molecule has 3 rings (SSSR count). The van der Waals surface area contributed by atoms with Crippen LogP contribution in [-0.2, 0) is 14.3 Å². The van der Waals surface area contributed by atoms with Crippen molar-refractivity contribution in [1.29, 1.82) is 5.26 Å². The molecule has 2 aromatic rings. The lowest BCUT2D eigenvalue weighted by molar-refractivity contribution is -0.151. The number of nitriles is 1. The van der Waals surface area contributed by atoms with Gasteiger partial charge in [0.25, 0.3) is 11.8 Å². The molecule has 2 heterocycles. The van der Waals surface area contributed by atoms with Crippen LogP contribution in [0.3, 0.4) is 0 Å². The second kappa shape index (κ2) is 8.87. The van der Waals surface area contributed by atoms with Gasteiger partial charge >= 0.3 is 5.97 Å². The van der Waals surface area contributed by atoms with E-state index in [1.54, 1.807) is 17.5 Å². The van der Waals surface area contributed by atoms with Crippen LogP contribution in [-0.4, -0.2) is 41.9 Å². The number of amides is 2. The van der Waals surface area contributed by atoms with E-state index in [2.05, 4.69) is 5.32 Å². The molecule has 0 aliphatic carbocycles. The van der Waals surface area contributed by atoms with E-state index in [1.807, 2.05) is 6.07 Å². The zero-order valence-electron chi connectivity index (χ0n) is 14.7. The van der Waals surface area contributed by atoms with Gasteiger partial charge in [-0.25, -0.2) is 4.79 Å². The average molecular weight is 418 g/mol. The summed E-state index contributed by atoms with van der Waals surface area (Å²) in [5, 5.41) is 13.4. The number of hydrogen-bond acceptors (Lipinski definition) is 6. The number of carbonyl (C=O) groups excluding carboxylic acids is 3. The normalized spacial score (nSPS) is 15.7. The van der Waals surface area contributed by atoms with Gasteiger partial charge in [-0.15, -0.1) is 11.3 Å². The topological polar surface area (TPSA) is 99.5 Å². The average Bonchev–Trinajstić information content (AvgIpc) is 3.37. The van der Waals surface area contributed by atoms with E-state index in [0.29, 0.717) is 35.5 Å². The molecule has 1 aliphatic heterocycles. The first kappa shape index (κ1) is 19.9. The molecule has 28 heavy (non-hydrogen) atoms. The maximum Gasteiger partial charge on any atom is 0.329 e. The van der Waals surface area contributed by atoms with E-state index in [1.165, 1.54) is 34.4 Å². The first-order chi connectivity index (χ1) is 13.5. The maximum absolute atomic E-state index is 12.5. The second-order valence-electron chi connectivity index (χ2n) is 6.10. The molecular weight excluding hydrogens is 402 g/mol. The molecule has 1 atom stereocenters. The van der Waals surface area contributed by atoms with Crippen molar-refractivity contribution < 1.29 is 19.1 Å². The third-order valence-corrected chi connectivity index (χ3v) is 5.41. The minimum absolute atomic E-state index is 0.203. The summed E-state index contributed by atoms with van der Waals surface area (Å²) in [6, 6.07) is 9.18. The first-order valence-corrected chi connectivity index (χ1v) is 9.76. The molecule has 0 saturated carbocycles. The molecule has 1 N–H and O–H groups in total. The van der Waals surface area contributed by atoms with Crippen molar-refractivity contribution in [2.24, 2.45) is 0 Å². The number of carbonyl (C=O) groups is 3. The second-order valence-corrected chi connectivity index (χ2v) is 7.45. The van der Waals surface area contributed by atoms with Crippen LogP contribution < -0.4 is 5.32 Å². The van der Waals surface area contributed by atoms with Gasteiger partial charge in [0.2, 0.25) is 0 Å². The molecule has 9 heteroatoms. The van der Waals surface area contributed by atoms with Crippen LogP contribution in [0.2, 0.25) is 5.02 Å². The fraction of sp³-hybridized carbons (Fsp3) is 0.263. The molecule has 7 nitrogen and oxygen atoms in total. The SMILES string of the molecule is N#Cc1ccc(NC(=O)COC(=O)[C@@H]2CCCN2C(=O)c2cccs2)cc1Cl. The smallest absolute Gasteiger partial charge is 0.329 e. The zero-order chi connectivity index (χ0) is 20.1. The number of halogens is 1. The summed E-state index contributed by atoms with van der Waals surface area (Å²) in [4.78, 5) is 39.0. The highest BCUT2D eigenvalue weighted by atomic mass is 35.5. The minimum Gasteiger partial charge on any atom is -0.454 e. The molecule has 1 aromatic heterocycles. The highest BCUT2D eigenvalue weighted by Crippen LogP contribution is 2.23. The van der Waals surface area contributed by atoms with E-state index < -0.39 is 24.5 Å². The number of rotatable bonds is 5. The Balaban J connectivity index is 1.54. The third-order valence-electron chi connectivity index (χ3n) is 4.24. The van der Waals surface area contributed by atoms with Crippen molar-refractivity contribution in [3.63, 3.8) is 0 Å². The van der Waals surface area contributed by atoms with Crippen LogP contribution in [0.15, 0.2) is 35.7 Å². The lowest BCUT2D eigenvalue weighted by Gasteiger charge is -2.22. The minimum atomic E-state index is -0.688. The summed E-state index contributed by atoms with van der Waals surface area (Å²) in [5.74, 6) is -1.34. The maximum atomic E-state index is 12.5. The Morgan fingerprint density at radius 2 is 2.18 bits per heavy atom. The first-order valence-electron chi connectivity index (χ1n) is 8.50. The third kappa shape index (κ3) is 4.50. The summed E-state index contributed by atoms with van der Waals surface area (Å²) in [5.41, 5.74) is 0.684. The Morgan fingerprint density at radius 3 is 2.86 bits per heavy atom. The number of benzene rings is 1. The van der Waals surface area contributed by atoms with Crippen LogP contribution in [0, 0.1) is 11.3 Å². The fourth-order valence-corrected chi connectivity index (χ4v) is 3.81. The molecule has 1 aromatic carbocycles. The van der Waals surface area contributed by atoms with Crippen molar-refractivity contribution in [3.05, 3.63) is 51.2 Å². The Kier molecular flexibility index (Phi) is 6.29. The van der Waals surface area contributed by atoms with Gasteiger partial charge in [-0.1, -0.05) is 17.7 Å². The van der Waals surface area contributed by atoms with Crippen LogP contribution in [0.4, 0.5) is 5.69 Å². The lowest BCUT2D eigenvalue weighted by Crippen LogP contribution is -2.41. The molecule has 0 radical (unpaired) electrons. The quantitative estimate of drug-likeness (QED) is 0.753. The van der Waals surface area contributed by atoms with E-state index >= 15 is 0 Å². The van der Waals surface area contributed by atoms with Crippen molar-refractivity contribution in [2.45, 2.75) is 18.9 Å². The molecule has 1 aliphatic rings. The van der Waals surface area contributed by atoms with Gasteiger partial charge < -0.3 is 15.0 Å². The van der Waals surface area contributed by atoms with Gasteiger partial charge in [-0.2, -0.15) is 5.26 Å². The number of likely N-dealkylation sites (tertiary alicyclic amines) is 1. The molecule has 0 bridgehead atoms. The Bertz CT molecular complexity index is 939. The molecular formula is C19H16ClN3O4S. The van der Waals surface area contributed by atoms with Crippen molar-refractivity contribution >= 4 is 46.4 Å². The number of thiophene rings is 1. The predicted octanol–water partition coefficient (Wildman–Crippen LogP) is 3.06. The Hall–Kier alpha value is -2.89. The van der Waals surface area contributed by atoms with Gasteiger partial charge in [0, 0.05) is 12.2 Å². The van der Waals surface area contributed by atoms with E-state index in [0.717, 1.165) is 0 Å². The number of nitrogens with zero attached hydrogens (tertiary/aromatic N) is 2. The monoisotopic (exact) mass is 417 g/mol. The Labute approximate surface area is 170 Å². The number of nitrogens with one attached hydrogen (secondary N) is 1. The predicted molar refractivity (Wildman–Crippen MR) is 104 cm³/mol. The number of ether oxygens (including phenoxy) is 1. The molecule has 1 saturated heterocycles. The molecule has 0 unspecified atom stereocenters. The van der Waals surface area contributed by atoms with Crippen LogP contribution >= 0.6 is 22.9 Å². The van der Waals surface area contributed by atoms with Crippen LogP contribution in [0.1, 0.15) is 28.1 Å². The molecule has 2 amide bonds. The molecule has 144 valence electrons. The highest BCUT2D eigenvalue weighted by molar-refractivity contribution is 7.12. The lowest BCUT2D eigenvalue weighted by atomic mass is 10.2. The summed E-state index contributed by atoms with van der Waals surface area (Å²) in [6.45, 7) is 0.000420. The van der Waals surface area contributed by atoms with Crippen LogP contribution in [0.25, 0.3) is 0 Å². The number of esters is 1. The zero-order valence-corrected chi connectivity index (χ0v) is 16.3. The van der Waals surface area contributed by atoms with Gasteiger partial charge in [0.05, 0.1) is 15.5 Å². The summed E-state index contributed by atoms with van der Waals surface area (Å²) < 4.78 is 5.11. The van der Waals surface area contributed by atoms with E-state index in [-0.39, 0.29) is 10.9 Å². The number of anilines is 1. The summed E-state index contributed by atoms with van der Waals surface area (Å²) in [7, 11) is 0. The van der Waals surface area contributed by atoms with Crippen molar-refractivity contribution in [1.82, 2.24) is 4.90 Å². The number of hydrogen-bond donors (Lipinski definition) is 1. The van der Waals surface area contributed by atoms with E-state index in [4.69, 9.17) is 21.6 Å². The molecule has 0 spiro atoms. The largest absolute Gasteiger partial charge is 0.454 e. The Morgan fingerprint density at radius 1 is 1.36 bits per heavy atom. The van der Waals surface area contributed by atoms with Crippen molar-refractivity contribution in [3.8, 4) is 6.07 Å². The molecule has 1 fully saturated rings. The standard InChI is InChI=1S/C19H16ClN3O4S/c20-14-9-13(6-5-12(14)10-21)22-17(24)11-27-19(26)15-3-1-7-23(15)18(25)16-4-2-8-28-16/h2,4-6,8-9,15H,1,3,7,11H2,(H,22,24)/t15-/m0/s1. The van der Waals surface area contributed by atoms with E-state index in [9.17, 15) is 14.4 Å².